The first-order valence-corrected chi connectivity index (χ1v) is 17.7. The Morgan fingerprint density at radius 2 is 1.71 bits per heavy atom. The highest BCUT2D eigenvalue weighted by molar-refractivity contribution is 7.88. The van der Waals surface area contributed by atoms with Crippen molar-refractivity contribution >= 4 is 39.7 Å². The Bertz CT molecular complexity index is 1650. The van der Waals surface area contributed by atoms with Crippen molar-refractivity contribution in [2.24, 2.45) is 0 Å². The summed E-state index contributed by atoms with van der Waals surface area (Å²) in [6.45, 7) is 4.44. The van der Waals surface area contributed by atoms with Crippen LogP contribution in [0.5, 0.6) is 11.5 Å². The van der Waals surface area contributed by atoms with Crippen molar-refractivity contribution < 1.29 is 51.7 Å². The van der Waals surface area contributed by atoms with Gasteiger partial charge in [0.25, 0.3) is 5.91 Å². The Hall–Kier alpha value is -4.54. The maximum Gasteiger partial charge on any atom is 0.338 e. The van der Waals surface area contributed by atoms with Crippen LogP contribution in [0.3, 0.4) is 0 Å². The third kappa shape index (κ3) is 10.7. The lowest BCUT2D eigenvalue weighted by Crippen LogP contribution is -2.64. The number of esters is 2. The van der Waals surface area contributed by atoms with Crippen LogP contribution in [0.15, 0.2) is 54.6 Å². The number of benzene rings is 2. The van der Waals surface area contributed by atoms with Gasteiger partial charge in [-0.05, 0) is 70.4 Å². The lowest BCUT2D eigenvalue weighted by molar-refractivity contribution is -0.176. The quantitative estimate of drug-likeness (QED) is 0.272. The molecule has 2 saturated heterocycles. The summed E-state index contributed by atoms with van der Waals surface area (Å²) in [5.74, 6) is -2.70. The largest absolute Gasteiger partial charge is 0.460 e. The van der Waals surface area contributed by atoms with E-state index in [4.69, 9.17) is 14.2 Å². The number of amides is 3. The molecule has 49 heavy (non-hydrogen) atoms. The lowest BCUT2D eigenvalue weighted by Gasteiger charge is -2.43. The molecular formula is C33H42N4O11S. The van der Waals surface area contributed by atoms with Crippen LogP contribution >= 0.6 is 0 Å². The minimum absolute atomic E-state index is 0.0985. The standard InChI is InChI=1S/C33H42N4O11S/c1-33(2,3)48-29(40)19-25(27(38)20-46-32(43)21-10-8-13-23(18-21)47-22-11-6-5-7-12-22)34-30(41)26-14-9-17-36-28(39)16-15-24(31(42)37(26)36)35-49(4,44)45/h5-8,10-13,18,24-27,35,38H,9,14-17,19-20H2,1-4H3,(H,34,41). The van der Waals surface area contributed by atoms with Gasteiger partial charge in [0.15, 0.2) is 0 Å². The Balaban J connectivity index is 1.50. The number of aliphatic hydroxyl groups is 1. The van der Waals surface area contributed by atoms with Crippen LogP contribution in [0.1, 0.15) is 63.2 Å². The second-order valence-electron chi connectivity index (χ2n) is 12.9. The van der Waals surface area contributed by atoms with Gasteiger partial charge >= 0.3 is 11.9 Å². The van der Waals surface area contributed by atoms with Crippen LogP contribution in [-0.4, -0.2) is 102 Å². The van der Waals surface area contributed by atoms with Crippen LogP contribution in [-0.2, 0) is 38.7 Å². The van der Waals surface area contributed by atoms with E-state index in [2.05, 4.69) is 10.0 Å². The number of rotatable bonds is 12. The van der Waals surface area contributed by atoms with Crippen LogP contribution in [0.2, 0.25) is 0 Å². The van der Waals surface area contributed by atoms with Crippen molar-refractivity contribution in [1.82, 2.24) is 20.1 Å². The van der Waals surface area contributed by atoms with E-state index < -0.39 is 82.5 Å². The lowest BCUT2D eigenvalue weighted by atomic mass is 10.0. The van der Waals surface area contributed by atoms with Gasteiger partial charge in [0, 0.05) is 13.0 Å². The normalized spacial score (nSPS) is 19.6. The number of sulfonamides is 1. The van der Waals surface area contributed by atoms with Crippen molar-refractivity contribution in [3.8, 4) is 11.5 Å². The molecule has 266 valence electrons. The smallest absolute Gasteiger partial charge is 0.338 e. The number of ether oxygens (including phenoxy) is 3. The van der Waals surface area contributed by atoms with Gasteiger partial charge in [0.05, 0.1) is 24.3 Å². The van der Waals surface area contributed by atoms with E-state index in [-0.39, 0.29) is 31.4 Å². The van der Waals surface area contributed by atoms with Crippen LogP contribution in [0, 0.1) is 0 Å². The molecule has 2 aliphatic rings. The van der Waals surface area contributed by atoms with Crippen molar-refractivity contribution in [2.75, 3.05) is 19.4 Å². The van der Waals surface area contributed by atoms with Gasteiger partial charge in [0.2, 0.25) is 21.8 Å². The molecule has 2 heterocycles. The predicted octanol–water partition coefficient (Wildman–Crippen LogP) is 1.66. The molecular weight excluding hydrogens is 660 g/mol. The van der Waals surface area contributed by atoms with E-state index in [9.17, 15) is 37.5 Å². The zero-order chi connectivity index (χ0) is 35.9. The number of nitrogens with one attached hydrogen (secondary N) is 2. The summed E-state index contributed by atoms with van der Waals surface area (Å²) in [6.07, 6.45) is -1.01. The van der Waals surface area contributed by atoms with Gasteiger partial charge in [-0.2, -0.15) is 0 Å². The zero-order valence-electron chi connectivity index (χ0n) is 27.8. The molecule has 0 saturated carbocycles. The van der Waals surface area contributed by atoms with E-state index >= 15 is 0 Å². The molecule has 2 aromatic rings. The Kier molecular flexibility index (Phi) is 12.0. The Morgan fingerprint density at radius 3 is 2.39 bits per heavy atom. The van der Waals surface area contributed by atoms with E-state index in [0.29, 0.717) is 17.9 Å². The SMILES string of the molecule is CC(C)(C)OC(=O)CC(NC(=O)C1CCCN2C(=O)CCC(NS(C)(=O)=O)C(=O)N12)C(O)COC(=O)c1cccc(Oc2ccccc2)c1. The second-order valence-corrected chi connectivity index (χ2v) is 14.6. The summed E-state index contributed by atoms with van der Waals surface area (Å²) in [5.41, 5.74) is -0.766. The minimum Gasteiger partial charge on any atom is -0.460 e. The maximum absolute atomic E-state index is 13.8. The molecule has 15 nitrogen and oxygen atoms in total. The summed E-state index contributed by atoms with van der Waals surface area (Å²) >= 11 is 0. The number of para-hydroxylation sites is 1. The summed E-state index contributed by atoms with van der Waals surface area (Å²) in [4.78, 5) is 66.0. The highest BCUT2D eigenvalue weighted by Crippen LogP contribution is 2.26. The third-order valence-electron chi connectivity index (χ3n) is 7.55. The van der Waals surface area contributed by atoms with E-state index in [1.54, 1.807) is 57.2 Å². The number of hydrogen-bond donors (Lipinski definition) is 3. The molecule has 4 unspecified atom stereocenters. The summed E-state index contributed by atoms with van der Waals surface area (Å²) in [7, 11) is -3.84. The summed E-state index contributed by atoms with van der Waals surface area (Å²) < 4.78 is 42.7. The van der Waals surface area contributed by atoms with Gasteiger partial charge in [-0.15, -0.1) is 0 Å². The number of hydrogen-bond acceptors (Lipinski definition) is 11. The summed E-state index contributed by atoms with van der Waals surface area (Å²) in [5, 5.41) is 15.8. The Labute approximate surface area is 284 Å². The molecule has 2 aliphatic heterocycles. The van der Waals surface area contributed by atoms with Gasteiger partial charge in [-0.1, -0.05) is 24.3 Å². The molecule has 0 aliphatic carbocycles. The van der Waals surface area contributed by atoms with Gasteiger partial charge < -0.3 is 24.6 Å². The minimum atomic E-state index is -3.84. The monoisotopic (exact) mass is 702 g/mol. The van der Waals surface area contributed by atoms with Gasteiger partial charge in [-0.25, -0.2) is 22.9 Å². The Morgan fingerprint density at radius 1 is 1.02 bits per heavy atom. The van der Waals surface area contributed by atoms with Crippen molar-refractivity contribution in [1.29, 1.82) is 0 Å². The molecule has 0 radical (unpaired) electrons. The molecule has 2 aromatic carbocycles. The number of carbonyl (C=O) groups excluding carboxylic acids is 5. The van der Waals surface area contributed by atoms with Crippen LogP contribution < -0.4 is 14.8 Å². The predicted molar refractivity (Wildman–Crippen MR) is 174 cm³/mol. The molecule has 4 atom stereocenters. The number of fused-ring (bicyclic) bond motifs is 1. The molecule has 2 fully saturated rings. The molecule has 3 amide bonds. The fourth-order valence-electron chi connectivity index (χ4n) is 5.44. The molecule has 0 aromatic heterocycles. The molecule has 0 spiro atoms. The highest BCUT2D eigenvalue weighted by atomic mass is 32.2. The second kappa shape index (κ2) is 15.8. The molecule has 3 N–H and O–H groups in total. The summed E-state index contributed by atoms with van der Waals surface area (Å²) in [6, 6.07) is 11.2. The first-order valence-electron chi connectivity index (χ1n) is 15.8. The fourth-order valence-corrected chi connectivity index (χ4v) is 6.17. The number of hydrazine groups is 1. The molecule has 16 heteroatoms. The average Bonchev–Trinajstić information content (AvgIpc) is 3.14. The van der Waals surface area contributed by atoms with E-state index in [1.807, 2.05) is 6.07 Å². The van der Waals surface area contributed by atoms with Gasteiger partial charge in [0.1, 0.15) is 41.9 Å². The van der Waals surface area contributed by atoms with Crippen molar-refractivity contribution in [3.63, 3.8) is 0 Å². The molecule has 0 bridgehead atoms. The fraction of sp³-hybridized carbons (Fsp3) is 0.485. The number of carbonyl (C=O) groups is 5. The number of nitrogens with zero attached hydrogens (tertiary/aromatic N) is 2. The van der Waals surface area contributed by atoms with Crippen molar-refractivity contribution in [2.45, 2.75) is 82.7 Å². The van der Waals surface area contributed by atoms with Crippen LogP contribution in [0.25, 0.3) is 0 Å². The van der Waals surface area contributed by atoms with E-state index in [0.717, 1.165) is 16.3 Å². The first kappa shape index (κ1) is 37.3. The van der Waals surface area contributed by atoms with E-state index in [1.165, 1.54) is 12.1 Å². The van der Waals surface area contributed by atoms with Crippen LogP contribution in [0.4, 0.5) is 0 Å². The highest BCUT2D eigenvalue weighted by Gasteiger charge is 2.45. The first-order chi connectivity index (χ1) is 23.0. The average molecular weight is 703 g/mol. The number of aliphatic hydroxyl groups excluding tert-OH is 1. The third-order valence-corrected chi connectivity index (χ3v) is 8.27. The zero-order valence-corrected chi connectivity index (χ0v) is 28.6. The topological polar surface area (TPSA) is 198 Å². The maximum atomic E-state index is 13.8. The van der Waals surface area contributed by atoms with Gasteiger partial charge in [-0.3, -0.25) is 24.2 Å². The molecule has 4 rings (SSSR count). The van der Waals surface area contributed by atoms with Crippen molar-refractivity contribution in [3.05, 3.63) is 60.2 Å².